The van der Waals surface area contributed by atoms with Crippen LogP contribution < -0.4 is 5.46 Å². The molecular weight excluding hydrogens is 246 g/mol. The van der Waals surface area contributed by atoms with Crippen molar-refractivity contribution in [2.24, 2.45) is 0 Å². The Balaban J connectivity index is 2.23. The molecule has 104 valence electrons. The molecule has 1 aliphatic rings. The van der Waals surface area contributed by atoms with Gasteiger partial charge in [-0.2, -0.15) is 0 Å². The standard InChI is InChI=1S/C14H20BFO3/c1-13(2)14(3,4)19-15(18-13)11-7-6-10(9-17-5)12(16)8-11/h6-8H,9H2,1-5H3. The van der Waals surface area contributed by atoms with Gasteiger partial charge in [0.2, 0.25) is 0 Å². The highest BCUT2D eigenvalue weighted by atomic mass is 19.1. The lowest BCUT2D eigenvalue weighted by atomic mass is 9.79. The maximum absolute atomic E-state index is 13.9. The number of rotatable bonds is 3. The maximum Gasteiger partial charge on any atom is 0.494 e. The molecule has 1 aromatic carbocycles. The molecular formula is C14H20BFO3. The van der Waals surface area contributed by atoms with Crippen molar-refractivity contribution in [1.29, 1.82) is 0 Å². The average molecular weight is 266 g/mol. The van der Waals surface area contributed by atoms with Crippen molar-refractivity contribution in [1.82, 2.24) is 0 Å². The van der Waals surface area contributed by atoms with Crippen molar-refractivity contribution in [2.45, 2.75) is 45.5 Å². The van der Waals surface area contributed by atoms with Crippen LogP contribution in [-0.4, -0.2) is 25.4 Å². The third-order valence-electron chi connectivity index (χ3n) is 3.90. The number of methoxy groups -OCH3 is 1. The molecule has 0 saturated carbocycles. The van der Waals surface area contributed by atoms with E-state index in [2.05, 4.69) is 0 Å². The SMILES string of the molecule is COCc1ccc(B2OC(C)(C)C(C)(C)O2)cc1F. The van der Waals surface area contributed by atoms with Crippen LogP contribution >= 0.6 is 0 Å². The minimum Gasteiger partial charge on any atom is -0.399 e. The number of halogens is 1. The predicted molar refractivity (Wildman–Crippen MR) is 72.8 cm³/mol. The van der Waals surface area contributed by atoms with E-state index >= 15 is 0 Å². The zero-order valence-corrected chi connectivity index (χ0v) is 12.1. The molecule has 19 heavy (non-hydrogen) atoms. The first-order valence-electron chi connectivity index (χ1n) is 6.40. The fraction of sp³-hybridized carbons (Fsp3) is 0.571. The molecule has 5 heteroatoms. The predicted octanol–water partition coefficient (Wildman–Crippen LogP) is 2.27. The molecule has 0 atom stereocenters. The molecule has 0 unspecified atom stereocenters. The highest BCUT2D eigenvalue weighted by Crippen LogP contribution is 2.36. The molecule has 0 aromatic heterocycles. The lowest BCUT2D eigenvalue weighted by molar-refractivity contribution is 0.00578. The van der Waals surface area contributed by atoms with Gasteiger partial charge in [-0.25, -0.2) is 4.39 Å². The Bertz CT molecular complexity index is 458. The minimum atomic E-state index is -0.531. The van der Waals surface area contributed by atoms with Gasteiger partial charge in [0.15, 0.2) is 0 Å². The fourth-order valence-electron chi connectivity index (χ4n) is 1.96. The van der Waals surface area contributed by atoms with Crippen molar-refractivity contribution >= 4 is 12.6 Å². The zero-order valence-electron chi connectivity index (χ0n) is 12.1. The van der Waals surface area contributed by atoms with Crippen LogP contribution in [0.25, 0.3) is 0 Å². The van der Waals surface area contributed by atoms with Gasteiger partial charge in [0.25, 0.3) is 0 Å². The number of benzene rings is 1. The average Bonchev–Trinajstić information content (AvgIpc) is 2.51. The Kier molecular flexibility index (Phi) is 3.73. The minimum absolute atomic E-state index is 0.259. The Morgan fingerprint density at radius 3 is 2.21 bits per heavy atom. The second kappa shape index (κ2) is 4.89. The van der Waals surface area contributed by atoms with Crippen molar-refractivity contribution in [3.8, 4) is 0 Å². The monoisotopic (exact) mass is 266 g/mol. The highest BCUT2D eigenvalue weighted by molar-refractivity contribution is 6.62. The van der Waals surface area contributed by atoms with Crippen LogP contribution in [0.3, 0.4) is 0 Å². The fourth-order valence-corrected chi connectivity index (χ4v) is 1.96. The van der Waals surface area contributed by atoms with E-state index in [-0.39, 0.29) is 12.4 Å². The Morgan fingerprint density at radius 2 is 1.74 bits per heavy atom. The number of hydrogen-bond acceptors (Lipinski definition) is 3. The summed E-state index contributed by atoms with van der Waals surface area (Å²) in [6.45, 7) is 8.16. The second-order valence-corrected chi connectivity index (χ2v) is 5.87. The summed E-state index contributed by atoms with van der Waals surface area (Å²) in [6, 6.07) is 4.98. The normalized spacial score (nSPS) is 20.8. The van der Waals surface area contributed by atoms with E-state index in [1.165, 1.54) is 6.07 Å². The third kappa shape index (κ3) is 2.68. The van der Waals surface area contributed by atoms with Gasteiger partial charge in [-0.3, -0.25) is 0 Å². The number of hydrogen-bond donors (Lipinski definition) is 0. The van der Waals surface area contributed by atoms with E-state index in [9.17, 15) is 4.39 Å². The van der Waals surface area contributed by atoms with Gasteiger partial charge in [-0.05, 0) is 39.2 Å². The quantitative estimate of drug-likeness (QED) is 0.785. The summed E-state index contributed by atoms with van der Waals surface area (Å²) < 4.78 is 30.6. The van der Waals surface area contributed by atoms with Gasteiger partial charge in [0.05, 0.1) is 17.8 Å². The summed E-state index contributed by atoms with van der Waals surface area (Å²) >= 11 is 0. The third-order valence-corrected chi connectivity index (χ3v) is 3.90. The summed E-state index contributed by atoms with van der Waals surface area (Å²) in [7, 11) is 1.01. The van der Waals surface area contributed by atoms with Crippen LogP contribution in [0.15, 0.2) is 18.2 Å². The largest absolute Gasteiger partial charge is 0.494 e. The molecule has 0 amide bonds. The van der Waals surface area contributed by atoms with Crippen LogP contribution in [0.5, 0.6) is 0 Å². The van der Waals surface area contributed by atoms with E-state index in [0.717, 1.165) is 0 Å². The molecule has 1 saturated heterocycles. The Hall–Kier alpha value is -0.905. The van der Waals surface area contributed by atoms with E-state index in [1.807, 2.05) is 33.8 Å². The summed E-state index contributed by atoms with van der Waals surface area (Å²) in [6.07, 6.45) is 0. The second-order valence-electron chi connectivity index (χ2n) is 5.87. The van der Waals surface area contributed by atoms with Crippen molar-refractivity contribution in [3.63, 3.8) is 0 Å². The van der Waals surface area contributed by atoms with Gasteiger partial charge >= 0.3 is 7.12 Å². The molecule has 1 aromatic rings. The maximum atomic E-state index is 13.9. The molecule has 1 aliphatic heterocycles. The molecule has 0 N–H and O–H groups in total. The zero-order chi connectivity index (χ0) is 14.3. The number of ether oxygens (including phenoxy) is 1. The summed E-state index contributed by atoms with van der Waals surface area (Å²) in [4.78, 5) is 0. The lowest BCUT2D eigenvalue weighted by Crippen LogP contribution is -2.41. The van der Waals surface area contributed by atoms with Gasteiger partial charge in [-0.1, -0.05) is 12.1 Å². The van der Waals surface area contributed by atoms with Crippen molar-refractivity contribution in [2.75, 3.05) is 7.11 Å². The molecule has 0 aliphatic carbocycles. The van der Waals surface area contributed by atoms with Gasteiger partial charge in [0, 0.05) is 12.7 Å². The van der Waals surface area contributed by atoms with Crippen molar-refractivity contribution in [3.05, 3.63) is 29.6 Å². The van der Waals surface area contributed by atoms with E-state index < -0.39 is 18.3 Å². The first-order valence-corrected chi connectivity index (χ1v) is 6.40. The highest BCUT2D eigenvalue weighted by Gasteiger charge is 2.51. The van der Waals surface area contributed by atoms with Gasteiger partial charge < -0.3 is 14.0 Å². The van der Waals surface area contributed by atoms with Crippen LogP contribution in [0, 0.1) is 5.82 Å². The summed E-state index contributed by atoms with van der Waals surface area (Å²) in [5.41, 5.74) is 0.386. The van der Waals surface area contributed by atoms with Gasteiger partial charge in [0.1, 0.15) is 5.82 Å². The molecule has 0 bridgehead atoms. The topological polar surface area (TPSA) is 27.7 Å². The smallest absolute Gasteiger partial charge is 0.399 e. The molecule has 0 radical (unpaired) electrons. The summed E-state index contributed by atoms with van der Waals surface area (Å²) in [5, 5.41) is 0. The molecule has 3 nitrogen and oxygen atoms in total. The van der Waals surface area contributed by atoms with E-state index in [0.29, 0.717) is 11.0 Å². The van der Waals surface area contributed by atoms with Gasteiger partial charge in [-0.15, -0.1) is 0 Å². The van der Waals surface area contributed by atoms with Crippen LogP contribution in [0.4, 0.5) is 4.39 Å². The van der Waals surface area contributed by atoms with Crippen LogP contribution in [0.1, 0.15) is 33.3 Å². The molecule has 1 heterocycles. The first-order chi connectivity index (χ1) is 8.77. The lowest BCUT2D eigenvalue weighted by Gasteiger charge is -2.32. The Labute approximate surface area is 114 Å². The van der Waals surface area contributed by atoms with Crippen LogP contribution in [-0.2, 0) is 20.7 Å². The van der Waals surface area contributed by atoms with E-state index in [4.69, 9.17) is 14.0 Å². The molecule has 2 rings (SSSR count). The van der Waals surface area contributed by atoms with Crippen LogP contribution in [0.2, 0.25) is 0 Å². The van der Waals surface area contributed by atoms with E-state index in [1.54, 1.807) is 13.2 Å². The summed E-state index contributed by atoms with van der Waals surface area (Å²) in [5.74, 6) is -0.297. The molecule has 0 spiro atoms. The first kappa shape index (κ1) is 14.5. The van der Waals surface area contributed by atoms with Crippen molar-refractivity contribution < 1.29 is 18.4 Å². The Morgan fingerprint density at radius 1 is 1.16 bits per heavy atom. The molecule has 1 fully saturated rings.